The van der Waals surface area contributed by atoms with E-state index in [1.807, 2.05) is 5.38 Å². The first-order valence-electron chi connectivity index (χ1n) is 5.66. The number of aliphatic hydroxyl groups excluding tert-OH is 1. The third kappa shape index (κ3) is 3.77. The Kier molecular flexibility index (Phi) is 4.48. The summed E-state index contributed by atoms with van der Waals surface area (Å²) < 4.78 is 13.4. The van der Waals surface area contributed by atoms with Crippen LogP contribution in [-0.4, -0.2) is 17.7 Å². The third-order valence-electron chi connectivity index (χ3n) is 2.50. The van der Waals surface area contributed by atoms with Crippen molar-refractivity contribution in [1.29, 1.82) is 0 Å². The predicted octanol–water partition coefficient (Wildman–Crippen LogP) is 2.74. The van der Waals surface area contributed by atoms with Gasteiger partial charge in [-0.2, -0.15) is 11.3 Å². The molecule has 2 rings (SSSR count). The van der Waals surface area contributed by atoms with E-state index in [0.29, 0.717) is 5.69 Å². The average Bonchev–Trinajstić information content (AvgIpc) is 2.89. The van der Waals surface area contributed by atoms with E-state index < -0.39 is 18.0 Å². The van der Waals surface area contributed by atoms with E-state index in [-0.39, 0.29) is 12.1 Å². The van der Waals surface area contributed by atoms with Gasteiger partial charge in [0.15, 0.2) is 0 Å². The van der Waals surface area contributed by atoms with Crippen LogP contribution in [0.15, 0.2) is 41.1 Å². The normalized spacial score (nSPS) is 11.9. The topological polar surface area (TPSA) is 61.4 Å². The van der Waals surface area contributed by atoms with Crippen molar-refractivity contribution in [2.45, 2.75) is 6.10 Å². The molecular weight excluding hydrogens is 267 g/mol. The van der Waals surface area contributed by atoms with E-state index in [0.717, 1.165) is 0 Å². The van der Waals surface area contributed by atoms with Crippen LogP contribution in [0.1, 0.15) is 11.7 Å². The van der Waals surface area contributed by atoms with Crippen LogP contribution in [0.2, 0.25) is 0 Å². The number of carbonyl (C=O) groups excluding carboxylic acids is 1. The van der Waals surface area contributed by atoms with E-state index in [4.69, 9.17) is 0 Å². The van der Waals surface area contributed by atoms with Gasteiger partial charge in [-0.1, -0.05) is 18.2 Å². The highest BCUT2D eigenvalue weighted by Gasteiger charge is 2.13. The number of rotatable bonds is 4. The third-order valence-corrected chi connectivity index (χ3v) is 3.18. The molecule has 1 heterocycles. The predicted molar refractivity (Wildman–Crippen MR) is 72.7 cm³/mol. The van der Waals surface area contributed by atoms with Crippen molar-refractivity contribution >= 4 is 23.1 Å². The molecule has 1 unspecified atom stereocenters. The SMILES string of the molecule is O=C(NCC(O)c1ccccc1F)Nc1ccsc1. The molecule has 0 spiro atoms. The van der Waals surface area contributed by atoms with Gasteiger partial charge in [-0.3, -0.25) is 0 Å². The maximum Gasteiger partial charge on any atom is 0.319 e. The number of aliphatic hydroxyl groups is 1. The van der Waals surface area contributed by atoms with E-state index in [1.54, 1.807) is 23.6 Å². The minimum Gasteiger partial charge on any atom is -0.386 e. The van der Waals surface area contributed by atoms with Gasteiger partial charge in [-0.15, -0.1) is 0 Å². The Morgan fingerprint density at radius 3 is 2.84 bits per heavy atom. The second-order valence-electron chi connectivity index (χ2n) is 3.88. The van der Waals surface area contributed by atoms with Crippen LogP contribution in [0.25, 0.3) is 0 Å². The lowest BCUT2D eigenvalue weighted by atomic mass is 10.1. The fourth-order valence-electron chi connectivity index (χ4n) is 1.56. The Hall–Kier alpha value is -1.92. The zero-order valence-corrected chi connectivity index (χ0v) is 10.8. The van der Waals surface area contributed by atoms with Gasteiger partial charge in [0, 0.05) is 17.5 Å². The first kappa shape index (κ1) is 13.5. The second-order valence-corrected chi connectivity index (χ2v) is 4.66. The number of anilines is 1. The summed E-state index contributed by atoms with van der Waals surface area (Å²) in [6, 6.07) is 7.25. The Labute approximate surface area is 113 Å². The van der Waals surface area contributed by atoms with Crippen LogP contribution in [0, 0.1) is 5.82 Å². The summed E-state index contributed by atoms with van der Waals surface area (Å²) in [5.74, 6) is -0.491. The molecule has 0 aliphatic heterocycles. The van der Waals surface area contributed by atoms with E-state index >= 15 is 0 Å². The fourth-order valence-corrected chi connectivity index (χ4v) is 2.14. The summed E-state index contributed by atoms with van der Waals surface area (Å²) in [6.07, 6.45) is -1.07. The second kappa shape index (κ2) is 6.31. The average molecular weight is 280 g/mol. The number of carbonyl (C=O) groups is 1. The maximum absolute atomic E-state index is 13.4. The molecule has 0 saturated heterocycles. The van der Waals surface area contributed by atoms with Crippen molar-refractivity contribution in [1.82, 2.24) is 5.32 Å². The van der Waals surface area contributed by atoms with Gasteiger partial charge in [-0.25, -0.2) is 9.18 Å². The molecule has 0 aliphatic carbocycles. The van der Waals surface area contributed by atoms with Crippen molar-refractivity contribution in [2.24, 2.45) is 0 Å². The standard InChI is InChI=1S/C13H13FN2O2S/c14-11-4-2-1-3-10(11)12(17)7-15-13(18)16-9-5-6-19-8-9/h1-6,8,12,17H,7H2,(H2,15,16,18). The number of amides is 2. The summed E-state index contributed by atoms with van der Waals surface area (Å²) in [6.45, 7) is -0.0586. The number of halogens is 1. The summed E-state index contributed by atoms with van der Waals surface area (Å²) >= 11 is 1.46. The molecule has 2 amide bonds. The molecule has 0 bridgehead atoms. The monoisotopic (exact) mass is 280 g/mol. The van der Waals surface area contributed by atoms with Crippen LogP contribution < -0.4 is 10.6 Å². The highest BCUT2D eigenvalue weighted by Crippen LogP contribution is 2.16. The minimum atomic E-state index is -1.07. The molecule has 2 aromatic rings. The molecule has 6 heteroatoms. The molecule has 3 N–H and O–H groups in total. The summed E-state index contributed by atoms with van der Waals surface area (Å²) in [4.78, 5) is 11.5. The first-order valence-corrected chi connectivity index (χ1v) is 6.60. The first-order chi connectivity index (χ1) is 9.16. The zero-order valence-electron chi connectivity index (χ0n) is 9.97. The zero-order chi connectivity index (χ0) is 13.7. The van der Waals surface area contributed by atoms with Crippen LogP contribution >= 0.6 is 11.3 Å². The Bertz CT molecular complexity index is 545. The lowest BCUT2D eigenvalue weighted by Crippen LogP contribution is -2.32. The van der Waals surface area contributed by atoms with E-state index in [2.05, 4.69) is 10.6 Å². The van der Waals surface area contributed by atoms with Gasteiger partial charge in [0.05, 0.1) is 11.8 Å². The number of thiophene rings is 1. The van der Waals surface area contributed by atoms with Gasteiger partial charge in [0.25, 0.3) is 0 Å². The minimum absolute atomic E-state index is 0.0586. The highest BCUT2D eigenvalue weighted by atomic mass is 32.1. The van der Waals surface area contributed by atoms with E-state index in [1.165, 1.54) is 23.5 Å². The fraction of sp³-hybridized carbons (Fsp3) is 0.154. The largest absolute Gasteiger partial charge is 0.386 e. The summed E-state index contributed by atoms with van der Waals surface area (Å²) in [5, 5.41) is 18.5. The molecule has 4 nitrogen and oxygen atoms in total. The Morgan fingerprint density at radius 1 is 1.37 bits per heavy atom. The molecule has 19 heavy (non-hydrogen) atoms. The maximum atomic E-state index is 13.4. The Morgan fingerprint density at radius 2 is 2.16 bits per heavy atom. The molecule has 0 aliphatic rings. The van der Waals surface area contributed by atoms with Crippen molar-refractivity contribution in [3.63, 3.8) is 0 Å². The van der Waals surface area contributed by atoms with Gasteiger partial charge < -0.3 is 15.7 Å². The van der Waals surface area contributed by atoms with Crippen LogP contribution in [0.4, 0.5) is 14.9 Å². The number of hydrogen-bond donors (Lipinski definition) is 3. The molecule has 0 radical (unpaired) electrons. The van der Waals surface area contributed by atoms with E-state index in [9.17, 15) is 14.3 Å². The summed E-state index contributed by atoms with van der Waals surface area (Å²) in [5.41, 5.74) is 0.848. The van der Waals surface area contributed by atoms with Gasteiger partial charge in [0.2, 0.25) is 0 Å². The molecule has 100 valence electrons. The lowest BCUT2D eigenvalue weighted by molar-refractivity contribution is 0.170. The number of nitrogens with one attached hydrogen (secondary N) is 2. The number of urea groups is 1. The van der Waals surface area contributed by atoms with Gasteiger partial charge in [-0.05, 0) is 17.5 Å². The molecule has 1 aromatic carbocycles. The smallest absolute Gasteiger partial charge is 0.319 e. The van der Waals surface area contributed by atoms with Crippen molar-refractivity contribution in [3.8, 4) is 0 Å². The molecular formula is C13H13FN2O2S. The van der Waals surface area contributed by atoms with Crippen molar-refractivity contribution < 1.29 is 14.3 Å². The van der Waals surface area contributed by atoms with Crippen LogP contribution in [0.3, 0.4) is 0 Å². The van der Waals surface area contributed by atoms with Gasteiger partial charge in [0.1, 0.15) is 5.82 Å². The van der Waals surface area contributed by atoms with Crippen molar-refractivity contribution in [3.05, 3.63) is 52.5 Å². The molecule has 0 fully saturated rings. The van der Waals surface area contributed by atoms with Gasteiger partial charge >= 0.3 is 6.03 Å². The summed E-state index contributed by atoms with van der Waals surface area (Å²) in [7, 11) is 0. The quantitative estimate of drug-likeness (QED) is 0.806. The molecule has 0 saturated carbocycles. The molecule has 1 atom stereocenters. The molecule has 1 aromatic heterocycles. The van der Waals surface area contributed by atoms with Crippen molar-refractivity contribution in [2.75, 3.05) is 11.9 Å². The highest BCUT2D eigenvalue weighted by molar-refractivity contribution is 7.08. The number of hydrogen-bond acceptors (Lipinski definition) is 3. The Balaban J connectivity index is 1.85. The van der Waals surface area contributed by atoms with Crippen LogP contribution in [-0.2, 0) is 0 Å². The van der Waals surface area contributed by atoms with Crippen LogP contribution in [0.5, 0.6) is 0 Å². The lowest BCUT2D eigenvalue weighted by Gasteiger charge is -2.13. The number of benzene rings is 1.